The Bertz CT molecular complexity index is 411. The van der Waals surface area contributed by atoms with Gasteiger partial charge in [-0.2, -0.15) is 0 Å². The fourth-order valence-electron chi connectivity index (χ4n) is 1.07. The minimum Gasteiger partial charge on any atom is -0.504 e. The molecule has 0 bridgehead atoms. The Hall–Kier alpha value is -1.87. The Morgan fingerprint density at radius 3 is 2.71 bits per heavy atom. The first-order valence-electron chi connectivity index (χ1n) is 3.81. The Balaban J connectivity index is 3.25. The van der Waals surface area contributed by atoms with Gasteiger partial charge in [0.2, 0.25) is 6.08 Å². The number of halogens is 1. The zero-order chi connectivity index (χ0) is 10.7. The molecule has 14 heavy (non-hydrogen) atoms. The zero-order valence-corrected chi connectivity index (χ0v) is 7.41. The molecule has 0 unspecified atom stereocenters. The Kier molecular flexibility index (Phi) is 2.84. The van der Waals surface area contributed by atoms with Crippen molar-refractivity contribution in [1.29, 1.82) is 0 Å². The van der Waals surface area contributed by atoms with Gasteiger partial charge < -0.3 is 10.2 Å². The van der Waals surface area contributed by atoms with Crippen LogP contribution in [0.3, 0.4) is 0 Å². The first kappa shape index (κ1) is 10.2. The maximum atomic E-state index is 13.2. The predicted molar refractivity (Wildman–Crippen MR) is 46.3 cm³/mol. The van der Waals surface area contributed by atoms with Crippen LogP contribution in [-0.4, -0.2) is 16.3 Å². The molecular formula is C9H8FNO3. The molecule has 0 aromatic heterocycles. The number of aryl methyl sites for hydroxylation is 1. The smallest absolute Gasteiger partial charge is 0.235 e. The average Bonchev–Trinajstić information content (AvgIpc) is 2.18. The van der Waals surface area contributed by atoms with Gasteiger partial charge in [0, 0.05) is 5.56 Å². The van der Waals surface area contributed by atoms with Crippen molar-refractivity contribution in [2.24, 2.45) is 4.99 Å². The third kappa shape index (κ3) is 1.72. The number of hydrogen-bond donors (Lipinski definition) is 2. The normalized spacial score (nSPS) is 9.57. The molecule has 0 radical (unpaired) electrons. The van der Waals surface area contributed by atoms with E-state index in [0.717, 1.165) is 0 Å². The highest BCUT2D eigenvalue weighted by molar-refractivity contribution is 5.48. The lowest BCUT2D eigenvalue weighted by atomic mass is 10.1. The summed E-state index contributed by atoms with van der Waals surface area (Å²) in [7, 11) is 0. The lowest BCUT2D eigenvalue weighted by Crippen LogP contribution is -1.91. The molecule has 1 rings (SSSR count). The molecule has 0 heterocycles. The van der Waals surface area contributed by atoms with Crippen molar-refractivity contribution in [2.75, 3.05) is 0 Å². The molecule has 1 aromatic carbocycles. The van der Waals surface area contributed by atoms with Gasteiger partial charge in [-0.3, -0.25) is 0 Å². The summed E-state index contributed by atoms with van der Waals surface area (Å²) < 4.78 is 13.2. The van der Waals surface area contributed by atoms with Gasteiger partial charge in [0.25, 0.3) is 0 Å². The Labute approximate surface area is 79.3 Å². The summed E-state index contributed by atoms with van der Waals surface area (Å²) in [5.41, 5.74) is 0.362. The average molecular weight is 197 g/mol. The quantitative estimate of drug-likeness (QED) is 0.427. The number of aromatic hydroxyl groups is 2. The Morgan fingerprint density at radius 1 is 1.50 bits per heavy atom. The summed E-state index contributed by atoms with van der Waals surface area (Å²) in [6.45, 7) is 1.30. The maximum Gasteiger partial charge on any atom is 0.235 e. The molecule has 0 saturated carbocycles. The van der Waals surface area contributed by atoms with E-state index in [9.17, 15) is 9.18 Å². The molecular weight excluding hydrogens is 189 g/mol. The number of phenolic OH excluding ortho intramolecular Hbond substituents is 2. The first-order chi connectivity index (χ1) is 6.57. The maximum absolute atomic E-state index is 13.2. The van der Waals surface area contributed by atoms with E-state index in [4.69, 9.17) is 10.2 Å². The monoisotopic (exact) mass is 197 g/mol. The molecule has 0 saturated heterocycles. The number of nitrogens with zero attached hydrogens (tertiary/aromatic N) is 1. The van der Waals surface area contributed by atoms with Crippen LogP contribution < -0.4 is 0 Å². The van der Waals surface area contributed by atoms with Gasteiger partial charge in [0.15, 0.2) is 17.3 Å². The second-order valence-corrected chi connectivity index (χ2v) is 2.77. The van der Waals surface area contributed by atoms with Crippen LogP contribution in [0.2, 0.25) is 0 Å². The molecule has 0 fully saturated rings. The van der Waals surface area contributed by atoms with Gasteiger partial charge in [0.05, 0.1) is 6.54 Å². The zero-order valence-electron chi connectivity index (χ0n) is 7.41. The summed E-state index contributed by atoms with van der Waals surface area (Å²) in [6.07, 6.45) is 1.26. The topological polar surface area (TPSA) is 69.9 Å². The van der Waals surface area contributed by atoms with Gasteiger partial charge in [-0.05, 0) is 18.6 Å². The summed E-state index contributed by atoms with van der Waals surface area (Å²) in [4.78, 5) is 13.0. The van der Waals surface area contributed by atoms with Crippen LogP contribution in [0.15, 0.2) is 11.1 Å². The number of rotatable bonds is 2. The third-order valence-corrected chi connectivity index (χ3v) is 1.79. The van der Waals surface area contributed by atoms with E-state index in [1.807, 2.05) is 0 Å². The lowest BCUT2D eigenvalue weighted by Gasteiger charge is -2.06. The fourth-order valence-corrected chi connectivity index (χ4v) is 1.07. The predicted octanol–water partition coefficient (Wildman–Crippen LogP) is 1.38. The van der Waals surface area contributed by atoms with Gasteiger partial charge in [-0.15, -0.1) is 0 Å². The van der Waals surface area contributed by atoms with E-state index < -0.39 is 17.3 Å². The molecule has 0 amide bonds. The van der Waals surface area contributed by atoms with Crippen LogP contribution >= 0.6 is 0 Å². The number of phenols is 2. The molecule has 1 aromatic rings. The van der Waals surface area contributed by atoms with E-state index in [1.165, 1.54) is 19.1 Å². The van der Waals surface area contributed by atoms with Crippen LogP contribution in [0, 0.1) is 12.7 Å². The SMILES string of the molecule is Cc1cc(CN=C=O)c(F)c(O)c1O. The van der Waals surface area contributed by atoms with E-state index in [2.05, 4.69) is 4.99 Å². The minimum absolute atomic E-state index is 0.0427. The van der Waals surface area contributed by atoms with Crippen molar-refractivity contribution in [1.82, 2.24) is 0 Å². The summed E-state index contributed by atoms with van der Waals surface area (Å²) in [6, 6.07) is 1.31. The highest BCUT2D eigenvalue weighted by Crippen LogP contribution is 2.33. The van der Waals surface area contributed by atoms with Gasteiger partial charge in [0.1, 0.15) is 0 Å². The highest BCUT2D eigenvalue weighted by Gasteiger charge is 2.14. The number of hydrogen-bond acceptors (Lipinski definition) is 4. The molecule has 0 spiro atoms. The van der Waals surface area contributed by atoms with E-state index >= 15 is 0 Å². The molecule has 74 valence electrons. The molecule has 4 nitrogen and oxygen atoms in total. The number of benzene rings is 1. The van der Waals surface area contributed by atoms with Crippen LogP contribution in [0.1, 0.15) is 11.1 Å². The summed E-state index contributed by atoms with van der Waals surface area (Å²) in [5, 5.41) is 18.2. The Morgan fingerprint density at radius 2 is 2.14 bits per heavy atom. The number of carbonyl (C=O) groups excluding carboxylic acids is 1. The van der Waals surface area contributed by atoms with E-state index in [1.54, 1.807) is 0 Å². The third-order valence-electron chi connectivity index (χ3n) is 1.79. The highest BCUT2D eigenvalue weighted by atomic mass is 19.1. The van der Waals surface area contributed by atoms with Gasteiger partial charge in [-0.1, -0.05) is 0 Å². The van der Waals surface area contributed by atoms with Gasteiger partial charge in [-0.25, -0.2) is 14.2 Å². The largest absolute Gasteiger partial charge is 0.504 e. The molecule has 0 aliphatic heterocycles. The van der Waals surface area contributed by atoms with Crippen molar-refractivity contribution >= 4 is 6.08 Å². The minimum atomic E-state index is -0.966. The van der Waals surface area contributed by atoms with Crippen LogP contribution in [0.25, 0.3) is 0 Å². The fraction of sp³-hybridized carbons (Fsp3) is 0.222. The van der Waals surface area contributed by atoms with Crippen molar-refractivity contribution < 1.29 is 19.4 Å². The standard InChI is InChI=1S/C9H8FNO3/c1-5-2-6(3-11-4-12)7(10)9(14)8(5)13/h2,13-14H,3H2,1H3. The van der Waals surface area contributed by atoms with Crippen LogP contribution in [0.4, 0.5) is 4.39 Å². The van der Waals surface area contributed by atoms with Crippen LogP contribution in [-0.2, 0) is 11.3 Å². The summed E-state index contributed by atoms with van der Waals surface area (Å²) in [5.74, 6) is -2.28. The van der Waals surface area contributed by atoms with E-state index in [0.29, 0.717) is 5.56 Å². The molecule has 0 aliphatic rings. The lowest BCUT2D eigenvalue weighted by molar-refractivity contribution is 0.374. The number of isocyanates is 1. The molecule has 2 N–H and O–H groups in total. The second kappa shape index (κ2) is 3.89. The first-order valence-corrected chi connectivity index (χ1v) is 3.81. The molecule has 5 heteroatoms. The summed E-state index contributed by atoms with van der Waals surface area (Å²) >= 11 is 0. The van der Waals surface area contributed by atoms with Crippen LogP contribution in [0.5, 0.6) is 11.5 Å². The number of aliphatic imine (C=N–C) groups is 1. The molecule has 0 atom stereocenters. The van der Waals surface area contributed by atoms with Crippen molar-refractivity contribution in [2.45, 2.75) is 13.5 Å². The molecule has 0 aliphatic carbocycles. The second-order valence-electron chi connectivity index (χ2n) is 2.77. The van der Waals surface area contributed by atoms with Crippen molar-refractivity contribution in [3.05, 3.63) is 23.0 Å². The van der Waals surface area contributed by atoms with Gasteiger partial charge >= 0.3 is 0 Å². The van der Waals surface area contributed by atoms with Crippen molar-refractivity contribution in [3.8, 4) is 11.5 Å². The van der Waals surface area contributed by atoms with Crippen molar-refractivity contribution in [3.63, 3.8) is 0 Å². The van der Waals surface area contributed by atoms with E-state index in [-0.39, 0.29) is 12.1 Å².